The molecule has 1 atom stereocenters. The summed E-state index contributed by atoms with van der Waals surface area (Å²) in [5.74, 6) is 0.0769. The molecule has 1 unspecified atom stereocenters. The second kappa shape index (κ2) is 6.11. The Hall–Kier alpha value is -1.11. The summed E-state index contributed by atoms with van der Waals surface area (Å²) in [5.41, 5.74) is 0.307. The summed E-state index contributed by atoms with van der Waals surface area (Å²) in [7, 11) is 0. The highest BCUT2D eigenvalue weighted by Gasteiger charge is 2.27. The Morgan fingerprint density at radius 3 is 2.95 bits per heavy atom. The first-order valence-electron chi connectivity index (χ1n) is 6.61. The number of halogens is 1. The third-order valence-corrected chi connectivity index (χ3v) is 3.56. The molecule has 0 spiro atoms. The van der Waals surface area contributed by atoms with E-state index in [1.807, 2.05) is 13.8 Å². The van der Waals surface area contributed by atoms with Crippen molar-refractivity contribution in [1.29, 1.82) is 0 Å². The monoisotopic (exact) mass is 301 g/mol. The van der Waals surface area contributed by atoms with Crippen LogP contribution in [0.25, 0.3) is 0 Å². The molecule has 1 saturated heterocycles. The van der Waals surface area contributed by atoms with Crippen LogP contribution in [0, 0.1) is 0 Å². The molecule has 7 heteroatoms. The first-order valence-corrected chi connectivity index (χ1v) is 7.15. The molecule has 0 bridgehead atoms. The van der Waals surface area contributed by atoms with Crippen LogP contribution in [0.1, 0.15) is 13.8 Å². The lowest BCUT2D eigenvalue weighted by Gasteiger charge is -2.39. The highest BCUT2D eigenvalue weighted by molar-refractivity contribution is 6.18. The summed E-state index contributed by atoms with van der Waals surface area (Å²) in [4.78, 5) is 14.1. The van der Waals surface area contributed by atoms with Gasteiger partial charge in [-0.2, -0.15) is 5.10 Å². The third kappa shape index (κ3) is 3.71. The smallest absolute Gasteiger partial charge is 0.268 e. The molecule has 1 fully saturated rings. The molecular weight excluding hydrogens is 282 g/mol. The number of anilines is 1. The van der Waals surface area contributed by atoms with E-state index in [9.17, 15) is 9.90 Å². The van der Waals surface area contributed by atoms with E-state index in [1.165, 1.54) is 10.7 Å². The molecule has 6 nitrogen and oxygen atoms in total. The predicted octanol–water partition coefficient (Wildman–Crippen LogP) is 0.458. The molecule has 112 valence electrons. The lowest BCUT2D eigenvalue weighted by atomic mass is 10.1. The van der Waals surface area contributed by atoms with Crippen molar-refractivity contribution < 1.29 is 9.84 Å². The van der Waals surface area contributed by atoms with Crippen LogP contribution < -0.4 is 10.5 Å². The Labute approximate surface area is 122 Å². The molecular formula is C13H20ClN3O3. The minimum absolute atomic E-state index is 0.0769. The molecule has 20 heavy (non-hydrogen) atoms. The van der Waals surface area contributed by atoms with Crippen molar-refractivity contribution in [1.82, 2.24) is 9.78 Å². The van der Waals surface area contributed by atoms with Gasteiger partial charge < -0.3 is 14.7 Å². The number of hydrogen-bond acceptors (Lipinski definition) is 5. The van der Waals surface area contributed by atoms with E-state index in [4.69, 9.17) is 16.3 Å². The molecule has 1 aliphatic heterocycles. The molecule has 0 amide bonds. The van der Waals surface area contributed by atoms with E-state index in [0.717, 1.165) is 12.2 Å². The average Bonchev–Trinajstić information content (AvgIpc) is 2.39. The molecule has 1 aromatic rings. The largest absolute Gasteiger partial charge is 0.390 e. The van der Waals surface area contributed by atoms with Gasteiger partial charge in [0.1, 0.15) is 0 Å². The van der Waals surface area contributed by atoms with E-state index < -0.39 is 6.10 Å². The molecule has 1 aromatic heterocycles. The van der Waals surface area contributed by atoms with Gasteiger partial charge in [0, 0.05) is 19.2 Å². The highest BCUT2D eigenvalue weighted by atomic mass is 35.5. The Morgan fingerprint density at radius 2 is 2.35 bits per heavy atom. The van der Waals surface area contributed by atoms with Crippen LogP contribution in [0.2, 0.25) is 0 Å². The van der Waals surface area contributed by atoms with Gasteiger partial charge in [-0.25, -0.2) is 4.68 Å². The molecule has 0 aliphatic carbocycles. The van der Waals surface area contributed by atoms with Gasteiger partial charge in [0.25, 0.3) is 5.56 Å². The summed E-state index contributed by atoms with van der Waals surface area (Å²) in [6.07, 6.45) is 0.874. The molecule has 0 radical (unpaired) electrons. The number of aromatic nitrogens is 2. The first-order chi connectivity index (χ1) is 9.41. The number of aliphatic hydroxyl groups excluding tert-OH is 1. The van der Waals surface area contributed by atoms with Gasteiger partial charge in [0.2, 0.25) is 0 Å². The maximum absolute atomic E-state index is 12.0. The van der Waals surface area contributed by atoms with Gasteiger partial charge in [0.15, 0.2) is 0 Å². The van der Waals surface area contributed by atoms with Crippen molar-refractivity contribution in [3.05, 3.63) is 22.6 Å². The number of rotatable bonds is 4. The maximum atomic E-state index is 12.0. The van der Waals surface area contributed by atoms with Gasteiger partial charge in [-0.1, -0.05) is 0 Å². The third-order valence-electron chi connectivity index (χ3n) is 3.21. The van der Waals surface area contributed by atoms with Crippen molar-refractivity contribution in [2.75, 3.05) is 30.5 Å². The number of hydrogen-bond donors (Lipinski definition) is 1. The zero-order valence-electron chi connectivity index (χ0n) is 11.8. The lowest BCUT2D eigenvalue weighted by molar-refractivity contribution is -0.0277. The number of aliphatic hydroxyl groups is 1. The van der Waals surface area contributed by atoms with Gasteiger partial charge in [-0.3, -0.25) is 4.79 Å². The minimum Gasteiger partial charge on any atom is -0.390 e. The zero-order valence-corrected chi connectivity index (χ0v) is 12.5. The molecule has 0 saturated carbocycles. The van der Waals surface area contributed by atoms with E-state index in [1.54, 1.807) is 6.20 Å². The first kappa shape index (κ1) is 15.3. The van der Waals surface area contributed by atoms with Crippen molar-refractivity contribution in [3.63, 3.8) is 0 Å². The van der Waals surface area contributed by atoms with Crippen LogP contribution in [0.3, 0.4) is 0 Å². The van der Waals surface area contributed by atoms with Crippen molar-refractivity contribution in [3.8, 4) is 0 Å². The van der Waals surface area contributed by atoms with Crippen LogP contribution in [0.5, 0.6) is 0 Å². The summed E-state index contributed by atoms with van der Waals surface area (Å²) in [6, 6.07) is 1.54. The zero-order chi connectivity index (χ0) is 14.8. The van der Waals surface area contributed by atoms with Gasteiger partial charge in [-0.15, -0.1) is 11.6 Å². The summed E-state index contributed by atoms with van der Waals surface area (Å²) in [5, 5.41) is 13.6. The average molecular weight is 302 g/mol. The number of ether oxygens (including phenoxy) is 1. The molecule has 1 aliphatic rings. The fourth-order valence-electron chi connectivity index (χ4n) is 2.22. The van der Waals surface area contributed by atoms with E-state index in [-0.39, 0.29) is 23.6 Å². The van der Waals surface area contributed by atoms with Crippen LogP contribution in [-0.4, -0.2) is 52.2 Å². The van der Waals surface area contributed by atoms with Crippen molar-refractivity contribution >= 4 is 17.3 Å². The van der Waals surface area contributed by atoms with Gasteiger partial charge in [-0.05, 0) is 13.8 Å². The van der Waals surface area contributed by atoms with Crippen LogP contribution in [0.4, 0.5) is 5.69 Å². The summed E-state index contributed by atoms with van der Waals surface area (Å²) < 4.78 is 6.87. The predicted molar refractivity (Wildman–Crippen MR) is 77.5 cm³/mol. The van der Waals surface area contributed by atoms with Gasteiger partial charge in [0.05, 0.1) is 42.6 Å². The highest BCUT2D eigenvalue weighted by Crippen LogP contribution is 2.21. The number of nitrogens with zero attached hydrogens (tertiary/aromatic N) is 3. The lowest BCUT2D eigenvalue weighted by Crippen LogP contribution is -2.48. The quantitative estimate of drug-likeness (QED) is 0.818. The summed E-state index contributed by atoms with van der Waals surface area (Å²) >= 11 is 5.52. The maximum Gasteiger partial charge on any atom is 0.268 e. The fraction of sp³-hybridized carbons (Fsp3) is 0.692. The Bertz CT molecular complexity index is 518. The fourth-order valence-corrected chi connectivity index (χ4v) is 2.32. The van der Waals surface area contributed by atoms with Crippen molar-refractivity contribution in [2.45, 2.75) is 32.1 Å². The Kier molecular flexibility index (Phi) is 4.67. The summed E-state index contributed by atoms with van der Waals surface area (Å²) in [6.45, 7) is 6.22. The second-order valence-corrected chi connectivity index (χ2v) is 5.88. The topological polar surface area (TPSA) is 67.6 Å². The molecule has 1 N–H and O–H groups in total. The van der Waals surface area contributed by atoms with Gasteiger partial charge >= 0.3 is 0 Å². The van der Waals surface area contributed by atoms with E-state index >= 15 is 0 Å². The Morgan fingerprint density at radius 1 is 1.60 bits per heavy atom. The second-order valence-electron chi connectivity index (χ2n) is 5.57. The SMILES string of the molecule is CC1(C)CN(c2cnn(CC(O)CCl)c(=O)c2)CCO1. The Balaban J connectivity index is 2.14. The van der Waals surface area contributed by atoms with Crippen LogP contribution >= 0.6 is 11.6 Å². The standard InChI is InChI=1S/C13H20ClN3O3/c1-13(2)9-16(3-4-20-13)10-5-12(19)17(15-7-10)8-11(18)6-14/h5,7,11,18H,3-4,6,8-9H2,1-2H3. The molecule has 2 rings (SSSR count). The van der Waals surface area contributed by atoms with Crippen molar-refractivity contribution in [2.24, 2.45) is 0 Å². The van der Waals surface area contributed by atoms with E-state index in [0.29, 0.717) is 13.2 Å². The minimum atomic E-state index is -0.768. The van der Waals surface area contributed by atoms with Crippen LogP contribution in [0.15, 0.2) is 17.1 Å². The van der Waals surface area contributed by atoms with Crippen LogP contribution in [-0.2, 0) is 11.3 Å². The number of morpholine rings is 1. The molecule has 2 heterocycles. The normalized spacial score (nSPS) is 19.9. The number of alkyl halides is 1. The van der Waals surface area contributed by atoms with E-state index in [2.05, 4.69) is 10.00 Å². The molecule has 0 aromatic carbocycles.